The van der Waals surface area contributed by atoms with E-state index < -0.39 is 10.0 Å². The van der Waals surface area contributed by atoms with E-state index in [2.05, 4.69) is 30.3 Å². The highest BCUT2D eigenvalue weighted by atomic mass is 32.2. The van der Waals surface area contributed by atoms with Gasteiger partial charge in [-0.25, -0.2) is 23.4 Å². The number of benzene rings is 2. The molecule has 2 aromatic carbocycles. The predicted molar refractivity (Wildman–Crippen MR) is 161 cm³/mol. The lowest BCUT2D eigenvalue weighted by molar-refractivity contribution is 0.466. The first-order valence-corrected chi connectivity index (χ1v) is 15.6. The van der Waals surface area contributed by atoms with E-state index in [1.165, 1.54) is 11.7 Å². The van der Waals surface area contributed by atoms with Gasteiger partial charge in [-0.15, -0.1) is 11.3 Å². The van der Waals surface area contributed by atoms with Crippen molar-refractivity contribution in [2.24, 2.45) is 0 Å². The number of sulfonamides is 1. The van der Waals surface area contributed by atoms with Crippen molar-refractivity contribution in [3.8, 4) is 22.9 Å². The summed E-state index contributed by atoms with van der Waals surface area (Å²) in [6, 6.07) is 13.5. The van der Waals surface area contributed by atoms with Gasteiger partial charge in [-0.2, -0.15) is 0 Å². The molecule has 1 saturated heterocycles. The number of thiazole rings is 1. The van der Waals surface area contributed by atoms with Crippen molar-refractivity contribution in [3.05, 3.63) is 77.7 Å². The second-order valence-corrected chi connectivity index (χ2v) is 12.7. The van der Waals surface area contributed by atoms with E-state index in [1.807, 2.05) is 56.3 Å². The summed E-state index contributed by atoms with van der Waals surface area (Å²) in [6.45, 7) is 5.72. The summed E-state index contributed by atoms with van der Waals surface area (Å²) < 4.78 is 35.5. The van der Waals surface area contributed by atoms with E-state index in [0.29, 0.717) is 39.9 Å². The number of hydrogen-bond acceptors (Lipinski definition) is 10. The molecule has 1 aliphatic heterocycles. The standard InChI is InChI=1S/C29H29N7O3S2/c1-18-7-10-22-21(26(18)36-41(37,38)25-16-31-17-40-25)9-8-19(2)27(22)39-28-23(6-4-13-32-28)24-11-14-33-29(35-24)34-20-5-3-12-30-15-20/h4,6-11,13-14,16-17,20,30,36H,3,5,12,15H2,1-2H3,(H,33,34,35)/t20-/m0/s1. The van der Waals surface area contributed by atoms with E-state index in [1.54, 1.807) is 12.4 Å². The highest BCUT2D eigenvalue weighted by molar-refractivity contribution is 7.94. The van der Waals surface area contributed by atoms with Gasteiger partial charge in [-0.1, -0.05) is 24.3 Å². The lowest BCUT2D eigenvalue weighted by Crippen LogP contribution is -2.38. The third-order valence-corrected chi connectivity index (χ3v) is 9.62. The number of aromatic nitrogens is 4. The summed E-state index contributed by atoms with van der Waals surface area (Å²) in [4.78, 5) is 17.6. The van der Waals surface area contributed by atoms with Crippen molar-refractivity contribution in [1.29, 1.82) is 0 Å². The van der Waals surface area contributed by atoms with E-state index in [4.69, 9.17) is 9.72 Å². The Morgan fingerprint density at radius 2 is 1.88 bits per heavy atom. The second-order valence-electron chi connectivity index (χ2n) is 9.90. The van der Waals surface area contributed by atoms with Crippen LogP contribution < -0.4 is 20.1 Å². The number of rotatable bonds is 8. The van der Waals surface area contributed by atoms with Crippen molar-refractivity contribution in [2.75, 3.05) is 23.1 Å². The molecule has 6 rings (SSSR count). The molecule has 0 saturated carbocycles. The highest BCUT2D eigenvalue weighted by Gasteiger charge is 2.21. The number of aryl methyl sites for hydroxylation is 2. The van der Waals surface area contributed by atoms with Crippen LogP contribution in [-0.2, 0) is 10.0 Å². The van der Waals surface area contributed by atoms with Crippen molar-refractivity contribution in [1.82, 2.24) is 25.3 Å². The molecule has 0 amide bonds. The molecule has 41 heavy (non-hydrogen) atoms. The minimum absolute atomic E-state index is 0.147. The van der Waals surface area contributed by atoms with Crippen LogP contribution in [0.2, 0.25) is 0 Å². The number of piperidine rings is 1. The van der Waals surface area contributed by atoms with Crippen LogP contribution in [0.5, 0.6) is 11.6 Å². The molecule has 3 N–H and O–H groups in total. The second kappa shape index (κ2) is 11.4. The first-order valence-electron chi connectivity index (χ1n) is 13.3. The maximum atomic E-state index is 13.1. The zero-order valence-corrected chi connectivity index (χ0v) is 24.2. The fraction of sp³-hybridized carbons (Fsp3) is 0.241. The molecule has 12 heteroatoms. The summed E-state index contributed by atoms with van der Waals surface area (Å²) in [5, 5.41) is 8.29. The first kappa shape index (κ1) is 27.1. The highest BCUT2D eigenvalue weighted by Crippen LogP contribution is 2.40. The Balaban J connectivity index is 1.36. The van der Waals surface area contributed by atoms with Crippen LogP contribution in [0.4, 0.5) is 11.6 Å². The molecule has 0 bridgehead atoms. The lowest BCUT2D eigenvalue weighted by atomic mass is 10.0. The van der Waals surface area contributed by atoms with Gasteiger partial charge in [0, 0.05) is 35.8 Å². The first-order chi connectivity index (χ1) is 19.9. The van der Waals surface area contributed by atoms with E-state index in [9.17, 15) is 8.42 Å². The van der Waals surface area contributed by atoms with Crippen LogP contribution >= 0.6 is 11.3 Å². The molecule has 10 nitrogen and oxygen atoms in total. The van der Waals surface area contributed by atoms with Gasteiger partial charge in [0.05, 0.1) is 28.7 Å². The van der Waals surface area contributed by atoms with Crippen molar-refractivity contribution in [3.63, 3.8) is 0 Å². The van der Waals surface area contributed by atoms with E-state index in [-0.39, 0.29) is 10.3 Å². The van der Waals surface area contributed by atoms with Crippen molar-refractivity contribution < 1.29 is 13.2 Å². The van der Waals surface area contributed by atoms with Gasteiger partial charge in [-0.3, -0.25) is 9.71 Å². The monoisotopic (exact) mass is 587 g/mol. The molecule has 1 aliphatic rings. The molecule has 1 fully saturated rings. The predicted octanol–water partition coefficient (Wildman–Crippen LogP) is 5.52. The van der Waals surface area contributed by atoms with Gasteiger partial charge in [0.2, 0.25) is 11.8 Å². The summed E-state index contributed by atoms with van der Waals surface area (Å²) in [5.41, 5.74) is 5.05. The van der Waals surface area contributed by atoms with E-state index >= 15 is 0 Å². The Hall–Kier alpha value is -4.13. The maximum Gasteiger partial charge on any atom is 0.273 e. The van der Waals surface area contributed by atoms with Crippen LogP contribution in [0.25, 0.3) is 22.0 Å². The van der Waals surface area contributed by atoms with Crippen LogP contribution in [0.3, 0.4) is 0 Å². The molecule has 1 atom stereocenters. The summed E-state index contributed by atoms with van der Waals surface area (Å²) >= 11 is 1.07. The van der Waals surface area contributed by atoms with Gasteiger partial charge in [0.25, 0.3) is 10.0 Å². The number of nitrogens with one attached hydrogen (secondary N) is 3. The van der Waals surface area contributed by atoms with Crippen LogP contribution in [0, 0.1) is 13.8 Å². The average Bonchev–Trinajstić information content (AvgIpc) is 3.53. The fourth-order valence-corrected chi connectivity index (χ4v) is 6.84. The quantitative estimate of drug-likeness (QED) is 0.215. The molecule has 0 aliphatic carbocycles. The minimum atomic E-state index is -3.79. The summed E-state index contributed by atoms with van der Waals surface area (Å²) in [7, 11) is -3.79. The molecular weight excluding hydrogens is 558 g/mol. The molecule has 0 unspecified atom stereocenters. The van der Waals surface area contributed by atoms with Crippen molar-refractivity contribution >= 4 is 43.8 Å². The Kier molecular flexibility index (Phi) is 7.52. The molecule has 210 valence electrons. The molecule has 5 aromatic rings. The Morgan fingerprint density at radius 3 is 2.68 bits per heavy atom. The number of nitrogens with zero attached hydrogens (tertiary/aromatic N) is 4. The van der Waals surface area contributed by atoms with Gasteiger partial charge in [0.1, 0.15) is 5.75 Å². The number of anilines is 2. The number of pyridine rings is 1. The van der Waals surface area contributed by atoms with E-state index in [0.717, 1.165) is 53.8 Å². The number of hydrogen-bond donors (Lipinski definition) is 3. The molecule has 0 radical (unpaired) electrons. The van der Waals surface area contributed by atoms with Crippen LogP contribution in [0.15, 0.2) is 70.8 Å². The molecule has 0 spiro atoms. The minimum Gasteiger partial charge on any atom is -0.437 e. The Bertz CT molecular complexity index is 1810. The maximum absolute atomic E-state index is 13.1. The number of ether oxygens (including phenoxy) is 1. The zero-order valence-electron chi connectivity index (χ0n) is 22.6. The number of fused-ring (bicyclic) bond motifs is 1. The molecule has 3 aromatic heterocycles. The van der Waals surface area contributed by atoms with Gasteiger partial charge >= 0.3 is 0 Å². The smallest absolute Gasteiger partial charge is 0.273 e. The lowest BCUT2D eigenvalue weighted by Gasteiger charge is -2.23. The fourth-order valence-electron chi connectivity index (χ4n) is 4.89. The normalized spacial score (nSPS) is 15.5. The third-order valence-electron chi connectivity index (χ3n) is 7.00. The largest absolute Gasteiger partial charge is 0.437 e. The topological polar surface area (TPSA) is 131 Å². The van der Waals surface area contributed by atoms with Crippen LogP contribution in [-0.4, -0.2) is 47.5 Å². The van der Waals surface area contributed by atoms with Gasteiger partial charge in [-0.05, 0) is 62.6 Å². The Morgan fingerprint density at radius 1 is 1.02 bits per heavy atom. The summed E-state index contributed by atoms with van der Waals surface area (Å²) in [6.07, 6.45) is 6.91. The summed E-state index contributed by atoms with van der Waals surface area (Å²) in [5.74, 6) is 1.53. The average molecular weight is 588 g/mol. The zero-order chi connectivity index (χ0) is 28.4. The van der Waals surface area contributed by atoms with Gasteiger partial charge in [0.15, 0.2) is 4.21 Å². The third kappa shape index (κ3) is 5.71. The van der Waals surface area contributed by atoms with Crippen LogP contribution in [0.1, 0.15) is 24.0 Å². The van der Waals surface area contributed by atoms with Gasteiger partial charge < -0.3 is 15.4 Å². The SMILES string of the molecule is Cc1ccc2c(Oc3ncccc3-c3ccnc(N[C@H]4CCCNC4)n3)c(C)ccc2c1NS(=O)(=O)c1cncs1. The van der Waals surface area contributed by atoms with Crippen molar-refractivity contribution in [2.45, 2.75) is 36.9 Å². The molecule has 4 heterocycles. The molecular formula is C29H29N7O3S2. The Labute approximate surface area is 242 Å².